The normalized spacial score (nSPS) is 10.4. The van der Waals surface area contributed by atoms with Crippen LogP contribution in [0.2, 0.25) is 0 Å². The van der Waals surface area contributed by atoms with E-state index in [-0.39, 0.29) is 16.1 Å². The van der Waals surface area contributed by atoms with Crippen molar-refractivity contribution in [2.24, 2.45) is 0 Å². The fourth-order valence-electron chi connectivity index (χ4n) is 1.73. The Morgan fingerprint density at radius 1 is 1.00 bits per heavy atom. The van der Waals surface area contributed by atoms with E-state index in [4.69, 9.17) is 5.11 Å². The van der Waals surface area contributed by atoms with Gasteiger partial charge >= 0.3 is 11.9 Å². The lowest BCUT2D eigenvalue weighted by Crippen LogP contribution is -2.16. The maximum atomic E-state index is 12.4. The lowest BCUT2D eigenvalue weighted by Gasteiger charge is -2.06. The molecule has 0 bridgehead atoms. The molecule has 0 unspecified atom stereocenters. The molecule has 2 rings (SSSR count). The molecule has 0 aliphatic rings. The molecule has 0 atom stereocenters. The zero-order valence-electron chi connectivity index (χ0n) is 12.8. The van der Waals surface area contributed by atoms with Crippen LogP contribution in [0, 0.1) is 0 Å². The van der Waals surface area contributed by atoms with Gasteiger partial charge in [0.05, 0.1) is 18.2 Å². The van der Waals surface area contributed by atoms with E-state index in [1.807, 2.05) is 0 Å². The van der Waals surface area contributed by atoms with Crippen LogP contribution in [-0.2, 0) is 14.3 Å². The second-order valence-corrected chi connectivity index (χ2v) is 6.27. The van der Waals surface area contributed by atoms with E-state index < -0.39 is 23.8 Å². The lowest BCUT2D eigenvalue weighted by molar-refractivity contribution is -0.131. The largest absolute Gasteiger partial charge is 0.478 e. The Morgan fingerprint density at radius 3 is 2.20 bits per heavy atom. The Labute approximate surface area is 149 Å². The number of carbonyl (C=O) groups excluding carboxylic acids is 3. The van der Waals surface area contributed by atoms with Crippen LogP contribution in [0.4, 0.5) is 10.0 Å². The van der Waals surface area contributed by atoms with Crippen molar-refractivity contribution in [1.29, 1.82) is 0 Å². The Bertz CT molecular complexity index is 852. The summed E-state index contributed by atoms with van der Waals surface area (Å²) in [6.07, 6.45) is 1.54. The number of carboxylic acids is 1. The maximum absolute atomic E-state index is 12.4. The van der Waals surface area contributed by atoms with Crippen molar-refractivity contribution in [3.8, 4) is 0 Å². The van der Waals surface area contributed by atoms with E-state index in [0.717, 1.165) is 28.7 Å². The summed E-state index contributed by atoms with van der Waals surface area (Å²) < 4.78 is 4.64. The first-order chi connectivity index (χ1) is 11.9. The number of hydrogen-bond donors (Lipinski definition) is 3. The van der Waals surface area contributed by atoms with Crippen molar-refractivity contribution in [2.45, 2.75) is 0 Å². The molecule has 0 radical (unpaired) electrons. The highest BCUT2D eigenvalue weighted by molar-refractivity contribution is 7.15. The molecule has 130 valence electrons. The number of carboxylic acid groups (broad SMARTS) is 1. The Balaban J connectivity index is 2.13. The van der Waals surface area contributed by atoms with Crippen molar-refractivity contribution in [3.05, 3.63) is 46.2 Å². The van der Waals surface area contributed by atoms with E-state index in [9.17, 15) is 19.2 Å². The molecule has 0 saturated heterocycles. The molecule has 2 aromatic heterocycles. The first-order valence-corrected chi connectivity index (χ1v) is 8.45. The zero-order valence-corrected chi connectivity index (χ0v) is 14.4. The Kier molecular flexibility index (Phi) is 6.03. The summed E-state index contributed by atoms with van der Waals surface area (Å²) in [6.45, 7) is 0. The van der Waals surface area contributed by atoms with E-state index in [2.05, 4.69) is 15.4 Å². The molecule has 3 N–H and O–H groups in total. The Morgan fingerprint density at radius 2 is 1.60 bits per heavy atom. The summed E-state index contributed by atoms with van der Waals surface area (Å²) in [5.74, 6) is -3.03. The van der Waals surface area contributed by atoms with Crippen LogP contribution in [-0.4, -0.2) is 36.0 Å². The summed E-state index contributed by atoms with van der Waals surface area (Å²) in [5.41, 5.74) is 0.414. The van der Waals surface area contributed by atoms with Gasteiger partial charge in [-0.3, -0.25) is 9.59 Å². The van der Waals surface area contributed by atoms with Gasteiger partial charge in [-0.05, 0) is 22.9 Å². The van der Waals surface area contributed by atoms with Crippen molar-refractivity contribution in [1.82, 2.24) is 0 Å². The quantitative estimate of drug-likeness (QED) is 0.523. The van der Waals surface area contributed by atoms with Gasteiger partial charge in [0, 0.05) is 12.2 Å². The number of methoxy groups -OCH3 is 1. The number of ether oxygens (including phenoxy) is 1. The molecule has 0 spiro atoms. The van der Waals surface area contributed by atoms with E-state index in [1.165, 1.54) is 19.2 Å². The molecule has 0 aliphatic carbocycles. The van der Waals surface area contributed by atoms with Crippen molar-refractivity contribution in [2.75, 3.05) is 17.7 Å². The van der Waals surface area contributed by atoms with Crippen LogP contribution in [0.5, 0.6) is 0 Å². The predicted octanol–water partition coefficient (Wildman–Crippen LogP) is 2.43. The highest BCUT2D eigenvalue weighted by Gasteiger charge is 2.19. The molecule has 10 heteroatoms. The highest BCUT2D eigenvalue weighted by atomic mass is 32.1. The minimum atomic E-state index is -1.26. The predicted molar refractivity (Wildman–Crippen MR) is 93.3 cm³/mol. The third-order valence-electron chi connectivity index (χ3n) is 2.82. The second kappa shape index (κ2) is 8.22. The summed E-state index contributed by atoms with van der Waals surface area (Å²) >= 11 is 2.26. The first kappa shape index (κ1) is 18.4. The van der Waals surface area contributed by atoms with E-state index >= 15 is 0 Å². The number of nitrogens with one attached hydrogen (secondary N) is 2. The molecule has 0 fully saturated rings. The van der Waals surface area contributed by atoms with Gasteiger partial charge in [0.25, 0.3) is 5.91 Å². The fraction of sp³-hybridized carbons (Fsp3) is 0.0667. The van der Waals surface area contributed by atoms with Gasteiger partial charge in [0.1, 0.15) is 10.0 Å². The number of carbonyl (C=O) groups is 4. The monoisotopic (exact) mass is 380 g/mol. The van der Waals surface area contributed by atoms with Crippen molar-refractivity contribution >= 4 is 56.4 Å². The van der Waals surface area contributed by atoms with Crippen LogP contribution in [0.3, 0.4) is 0 Å². The number of thiophene rings is 2. The van der Waals surface area contributed by atoms with Crippen LogP contribution in [0.15, 0.2) is 35.0 Å². The van der Waals surface area contributed by atoms with Gasteiger partial charge in [0.2, 0.25) is 5.91 Å². The molecule has 2 aromatic rings. The smallest absolute Gasteiger partial charge is 0.340 e. The third-order valence-corrected chi connectivity index (χ3v) is 4.48. The van der Waals surface area contributed by atoms with Crippen LogP contribution in [0.1, 0.15) is 20.7 Å². The summed E-state index contributed by atoms with van der Waals surface area (Å²) in [6, 6.07) is 3.03. The molecule has 8 nitrogen and oxygen atoms in total. The standard InChI is InChI=1S/C15H12N2O6S2/c1-23-15(22)9-5-7-25-14(9)17-12(21)8-4-6-24-13(8)16-10(18)2-3-11(19)20/h2-7H,1H3,(H,16,18)(H,17,21)(H,19,20). The van der Waals surface area contributed by atoms with Crippen LogP contribution >= 0.6 is 22.7 Å². The number of amides is 2. The average Bonchev–Trinajstić information content (AvgIpc) is 3.21. The molecule has 2 heterocycles. The molecule has 25 heavy (non-hydrogen) atoms. The number of rotatable bonds is 6. The van der Waals surface area contributed by atoms with Gasteiger partial charge in [-0.2, -0.15) is 0 Å². The molecule has 2 amide bonds. The first-order valence-electron chi connectivity index (χ1n) is 6.69. The highest BCUT2D eigenvalue weighted by Crippen LogP contribution is 2.28. The summed E-state index contributed by atoms with van der Waals surface area (Å²) in [7, 11) is 1.24. The molecule has 0 aliphatic heterocycles. The van der Waals surface area contributed by atoms with Gasteiger partial charge in [-0.1, -0.05) is 0 Å². The molecule has 0 aromatic carbocycles. The topological polar surface area (TPSA) is 122 Å². The third kappa shape index (κ3) is 4.75. The summed E-state index contributed by atoms with van der Waals surface area (Å²) in [4.78, 5) is 46.1. The van der Waals surface area contributed by atoms with E-state index in [1.54, 1.807) is 10.8 Å². The number of esters is 1. The Hall–Kier alpha value is -2.98. The second-order valence-electron chi connectivity index (χ2n) is 4.43. The van der Waals surface area contributed by atoms with Gasteiger partial charge in [0.15, 0.2) is 0 Å². The number of aliphatic carboxylic acids is 1. The van der Waals surface area contributed by atoms with Crippen molar-refractivity contribution in [3.63, 3.8) is 0 Å². The zero-order chi connectivity index (χ0) is 18.4. The summed E-state index contributed by atoms with van der Waals surface area (Å²) in [5, 5.41) is 17.3. The molecular weight excluding hydrogens is 368 g/mol. The SMILES string of the molecule is COC(=O)c1ccsc1NC(=O)c1ccsc1NC(=O)C=CC(=O)O. The van der Waals surface area contributed by atoms with Gasteiger partial charge < -0.3 is 20.5 Å². The lowest BCUT2D eigenvalue weighted by atomic mass is 10.2. The van der Waals surface area contributed by atoms with Crippen LogP contribution < -0.4 is 10.6 Å². The van der Waals surface area contributed by atoms with Gasteiger partial charge in [-0.25, -0.2) is 9.59 Å². The van der Waals surface area contributed by atoms with Crippen LogP contribution in [0.25, 0.3) is 0 Å². The van der Waals surface area contributed by atoms with Crippen molar-refractivity contribution < 1.29 is 29.0 Å². The minimum Gasteiger partial charge on any atom is -0.478 e. The molecular formula is C15H12N2O6S2. The number of hydrogen-bond acceptors (Lipinski definition) is 7. The minimum absolute atomic E-state index is 0.186. The fourth-order valence-corrected chi connectivity index (χ4v) is 3.29. The number of anilines is 2. The average molecular weight is 380 g/mol. The maximum Gasteiger partial charge on any atom is 0.340 e. The molecule has 0 saturated carbocycles. The van der Waals surface area contributed by atoms with E-state index in [0.29, 0.717) is 11.1 Å². The van der Waals surface area contributed by atoms with Gasteiger partial charge in [-0.15, -0.1) is 22.7 Å².